The molecule has 1 aliphatic heterocycles. The Morgan fingerprint density at radius 3 is 1.96 bits per heavy atom. The quantitative estimate of drug-likeness (QED) is 0.834. The number of nitrogens with one attached hydrogen (secondary N) is 1. The molecule has 0 aromatic heterocycles. The molecule has 148 valence electrons. The fourth-order valence-corrected chi connectivity index (χ4v) is 3.51. The Labute approximate surface area is 166 Å². The lowest BCUT2D eigenvalue weighted by Gasteiger charge is -2.33. The molecule has 0 aliphatic carbocycles. The smallest absolute Gasteiger partial charge is 0.409 e. The Balaban J connectivity index is 1.54. The van der Waals surface area contributed by atoms with Crippen LogP contribution in [0, 0.1) is 0 Å². The van der Waals surface area contributed by atoms with Crippen LogP contribution < -0.4 is 5.32 Å². The van der Waals surface area contributed by atoms with Crippen molar-refractivity contribution in [3.63, 3.8) is 0 Å². The summed E-state index contributed by atoms with van der Waals surface area (Å²) in [6.07, 6.45) is -0.276. The van der Waals surface area contributed by atoms with Crippen molar-refractivity contribution in [3.05, 3.63) is 71.8 Å². The van der Waals surface area contributed by atoms with Gasteiger partial charge < -0.3 is 15.0 Å². The topological polar surface area (TPSA) is 61.9 Å². The molecule has 6 heteroatoms. The van der Waals surface area contributed by atoms with E-state index in [2.05, 4.69) is 10.2 Å². The first-order valence-corrected chi connectivity index (χ1v) is 9.62. The zero-order chi connectivity index (χ0) is 19.8. The molecule has 2 amide bonds. The van der Waals surface area contributed by atoms with Gasteiger partial charge in [0.05, 0.1) is 13.0 Å². The molecular weight excluding hydrogens is 354 g/mol. The van der Waals surface area contributed by atoms with Gasteiger partial charge in [-0.05, 0) is 11.1 Å². The van der Waals surface area contributed by atoms with Crippen LogP contribution in [-0.2, 0) is 9.53 Å². The van der Waals surface area contributed by atoms with Crippen LogP contribution in [0.4, 0.5) is 4.79 Å². The number of hydrogen-bond donors (Lipinski definition) is 1. The maximum Gasteiger partial charge on any atom is 0.409 e. The predicted octanol–water partition coefficient (Wildman–Crippen LogP) is 2.32. The molecule has 0 spiro atoms. The van der Waals surface area contributed by atoms with Crippen molar-refractivity contribution in [2.75, 3.05) is 46.4 Å². The van der Waals surface area contributed by atoms with Gasteiger partial charge in [0.2, 0.25) is 5.91 Å². The van der Waals surface area contributed by atoms with E-state index in [9.17, 15) is 9.59 Å². The fraction of sp³-hybridized carbons (Fsp3) is 0.364. The third-order valence-electron chi connectivity index (χ3n) is 5.06. The van der Waals surface area contributed by atoms with Gasteiger partial charge in [0.1, 0.15) is 0 Å². The maximum atomic E-state index is 13.0. The van der Waals surface area contributed by atoms with E-state index in [1.165, 1.54) is 7.11 Å². The SMILES string of the molecule is COC(=O)N1CCN(CCNC(=O)C(c2ccccc2)c2ccccc2)CC1. The predicted molar refractivity (Wildman–Crippen MR) is 108 cm³/mol. The van der Waals surface area contributed by atoms with Gasteiger partial charge in [-0.15, -0.1) is 0 Å². The summed E-state index contributed by atoms with van der Waals surface area (Å²) in [7, 11) is 1.40. The molecular formula is C22H27N3O3. The van der Waals surface area contributed by atoms with Crippen LogP contribution in [0.1, 0.15) is 17.0 Å². The van der Waals surface area contributed by atoms with E-state index in [0.717, 1.165) is 30.8 Å². The Bertz CT molecular complexity index is 720. The second-order valence-electron chi connectivity index (χ2n) is 6.84. The Morgan fingerprint density at radius 2 is 1.46 bits per heavy atom. The van der Waals surface area contributed by atoms with E-state index >= 15 is 0 Å². The second-order valence-corrected chi connectivity index (χ2v) is 6.84. The average Bonchev–Trinajstić information content (AvgIpc) is 2.75. The number of piperazine rings is 1. The minimum Gasteiger partial charge on any atom is -0.453 e. The van der Waals surface area contributed by atoms with Crippen LogP contribution in [0.15, 0.2) is 60.7 Å². The Hall–Kier alpha value is -2.86. The minimum absolute atomic E-state index is 0.00518. The number of benzene rings is 2. The van der Waals surface area contributed by atoms with Gasteiger partial charge >= 0.3 is 6.09 Å². The lowest BCUT2D eigenvalue weighted by molar-refractivity contribution is -0.121. The van der Waals surface area contributed by atoms with Crippen LogP contribution in [0.3, 0.4) is 0 Å². The summed E-state index contributed by atoms with van der Waals surface area (Å²) in [6, 6.07) is 19.7. The minimum atomic E-state index is -0.321. The molecule has 0 bridgehead atoms. The van der Waals surface area contributed by atoms with Crippen LogP contribution >= 0.6 is 0 Å². The first kappa shape index (κ1) is 19.9. The van der Waals surface area contributed by atoms with Crippen molar-refractivity contribution in [1.29, 1.82) is 0 Å². The molecule has 0 saturated carbocycles. The van der Waals surface area contributed by atoms with Crippen LogP contribution in [0.5, 0.6) is 0 Å². The molecule has 0 radical (unpaired) electrons. The number of amides is 2. The molecule has 6 nitrogen and oxygen atoms in total. The monoisotopic (exact) mass is 381 g/mol. The fourth-order valence-electron chi connectivity index (χ4n) is 3.51. The summed E-state index contributed by atoms with van der Waals surface area (Å²) < 4.78 is 4.76. The van der Waals surface area contributed by atoms with Gasteiger partial charge in [-0.1, -0.05) is 60.7 Å². The summed E-state index contributed by atoms with van der Waals surface area (Å²) in [5, 5.41) is 3.09. The summed E-state index contributed by atoms with van der Waals surface area (Å²) in [6.45, 7) is 4.20. The molecule has 1 aliphatic rings. The van der Waals surface area contributed by atoms with Crippen molar-refractivity contribution in [2.45, 2.75) is 5.92 Å². The van der Waals surface area contributed by atoms with Crippen molar-refractivity contribution >= 4 is 12.0 Å². The Kier molecular flexibility index (Phi) is 7.03. The second kappa shape index (κ2) is 9.90. The van der Waals surface area contributed by atoms with Gasteiger partial charge in [-0.25, -0.2) is 4.79 Å². The number of rotatable bonds is 6. The third-order valence-corrected chi connectivity index (χ3v) is 5.06. The highest BCUT2D eigenvalue weighted by Gasteiger charge is 2.24. The molecule has 1 fully saturated rings. The lowest BCUT2D eigenvalue weighted by Crippen LogP contribution is -2.50. The van der Waals surface area contributed by atoms with E-state index in [0.29, 0.717) is 19.6 Å². The average molecular weight is 381 g/mol. The first-order valence-electron chi connectivity index (χ1n) is 9.62. The van der Waals surface area contributed by atoms with Gasteiger partial charge in [-0.2, -0.15) is 0 Å². The molecule has 28 heavy (non-hydrogen) atoms. The normalized spacial score (nSPS) is 14.7. The highest BCUT2D eigenvalue weighted by atomic mass is 16.5. The van der Waals surface area contributed by atoms with E-state index < -0.39 is 0 Å². The molecule has 2 aromatic carbocycles. The molecule has 0 unspecified atom stereocenters. The van der Waals surface area contributed by atoms with Gasteiger partial charge in [0, 0.05) is 39.3 Å². The zero-order valence-corrected chi connectivity index (χ0v) is 16.2. The van der Waals surface area contributed by atoms with Gasteiger partial charge in [0.15, 0.2) is 0 Å². The Morgan fingerprint density at radius 1 is 0.929 bits per heavy atom. The summed E-state index contributed by atoms with van der Waals surface area (Å²) in [4.78, 5) is 28.5. The number of carbonyl (C=O) groups excluding carboxylic acids is 2. The summed E-state index contributed by atoms with van der Waals surface area (Å²) in [5.41, 5.74) is 1.97. The van der Waals surface area contributed by atoms with Crippen molar-refractivity contribution in [2.24, 2.45) is 0 Å². The third kappa shape index (κ3) is 5.10. The van der Waals surface area contributed by atoms with E-state index in [-0.39, 0.29) is 17.9 Å². The van der Waals surface area contributed by atoms with E-state index in [1.54, 1.807) is 4.90 Å². The maximum absolute atomic E-state index is 13.0. The summed E-state index contributed by atoms with van der Waals surface area (Å²) >= 11 is 0. The van der Waals surface area contributed by atoms with Crippen molar-refractivity contribution < 1.29 is 14.3 Å². The molecule has 2 aromatic rings. The molecule has 1 N–H and O–H groups in total. The molecule has 3 rings (SSSR count). The van der Waals surface area contributed by atoms with Gasteiger partial charge in [-0.3, -0.25) is 9.69 Å². The highest BCUT2D eigenvalue weighted by Crippen LogP contribution is 2.24. The number of hydrogen-bond acceptors (Lipinski definition) is 4. The molecule has 0 atom stereocenters. The standard InChI is InChI=1S/C22H27N3O3/c1-28-22(27)25-16-14-24(15-17-25)13-12-23-21(26)20(18-8-4-2-5-9-18)19-10-6-3-7-11-19/h2-11,20H,12-17H2,1H3,(H,23,26). The van der Waals surface area contributed by atoms with Crippen LogP contribution in [0.2, 0.25) is 0 Å². The van der Waals surface area contributed by atoms with Crippen molar-refractivity contribution in [1.82, 2.24) is 15.1 Å². The van der Waals surface area contributed by atoms with Crippen molar-refractivity contribution in [3.8, 4) is 0 Å². The van der Waals surface area contributed by atoms with Crippen LogP contribution in [-0.4, -0.2) is 68.2 Å². The number of methoxy groups -OCH3 is 1. The number of ether oxygens (including phenoxy) is 1. The van der Waals surface area contributed by atoms with Gasteiger partial charge in [0.25, 0.3) is 0 Å². The highest BCUT2D eigenvalue weighted by molar-refractivity contribution is 5.87. The number of carbonyl (C=O) groups is 2. The summed E-state index contributed by atoms with van der Waals surface area (Å²) in [5.74, 6) is -0.316. The lowest BCUT2D eigenvalue weighted by atomic mass is 9.90. The van der Waals surface area contributed by atoms with Crippen LogP contribution in [0.25, 0.3) is 0 Å². The molecule has 1 saturated heterocycles. The van der Waals surface area contributed by atoms with E-state index in [4.69, 9.17) is 4.74 Å². The number of nitrogens with zero attached hydrogens (tertiary/aromatic N) is 2. The first-order chi connectivity index (χ1) is 13.7. The largest absolute Gasteiger partial charge is 0.453 e. The zero-order valence-electron chi connectivity index (χ0n) is 16.2. The molecule has 1 heterocycles. The van der Waals surface area contributed by atoms with E-state index in [1.807, 2.05) is 60.7 Å².